The van der Waals surface area contributed by atoms with E-state index in [-0.39, 0.29) is 17.9 Å². The van der Waals surface area contributed by atoms with Gasteiger partial charge in [0.15, 0.2) is 0 Å². The van der Waals surface area contributed by atoms with Gasteiger partial charge >= 0.3 is 0 Å². The highest BCUT2D eigenvalue weighted by Gasteiger charge is 2.53. The summed E-state index contributed by atoms with van der Waals surface area (Å²) < 4.78 is 0. The molecule has 3 aliphatic rings. The van der Waals surface area contributed by atoms with Crippen LogP contribution in [0.2, 0.25) is 0 Å². The summed E-state index contributed by atoms with van der Waals surface area (Å²) in [7, 11) is 0. The van der Waals surface area contributed by atoms with E-state index in [1.807, 2.05) is 18.2 Å². The van der Waals surface area contributed by atoms with Gasteiger partial charge in [0.25, 0.3) is 0 Å². The summed E-state index contributed by atoms with van der Waals surface area (Å²) in [6.45, 7) is 7.07. The number of benzene rings is 1. The minimum atomic E-state index is 0. The second-order valence-electron chi connectivity index (χ2n) is 8.81. The molecule has 0 aromatic heterocycles. The number of para-hydroxylation sites is 1. The van der Waals surface area contributed by atoms with Crippen LogP contribution in [0.25, 0.3) is 0 Å². The Morgan fingerprint density at radius 2 is 1.62 bits per heavy atom. The van der Waals surface area contributed by atoms with Crippen LogP contribution in [0.4, 0.5) is 5.69 Å². The van der Waals surface area contributed by atoms with Gasteiger partial charge in [-0.1, -0.05) is 32.0 Å². The maximum atomic E-state index is 12.3. The van der Waals surface area contributed by atoms with Gasteiger partial charge in [0, 0.05) is 24.8 Å². The van der Waals surface area contributed by atoms with Crippen LogP contribution in [-0.4, -0.2) is 35.5 Å². The summed E-state index contributed by atoms with van der Waals surface area (Å²) in [5.74, 6) is 2.08. The number of rotatable bonds is 3. The second-order valence-corrected chi connectivity index (χ2v) is 8.81. The van der Waals surface area contributed by atoms with Crippen molar-refractivity contribution in [3.63, 3.8) is 0 Å². The standard InChI is InChI=1S/C22H32N2O.ClH/c1-17(2)18-8-10-19(11-9-18)23-14-12-22(13-15-23)16-21(25)24(22)20-6-4-3-5-7-20;/h3-7,17-19H,8-16H2,1-2H3;1H. The molecule has 1 saturated carbocycles. The van der Waals surface area contributed by atoms with E-state index in [0.29, 0.717) is 5.91 Å². The van der Waals surface area contributed by atoms with Crippen LogP contribution < -0.4 is 4.90 Å². The van der Waals surface area contributed by atoms with Crippen LogP contribution in [0, 0.1) is 11.8 Å². The number of amides is 1. The average Bonchev–Trinajstić information content (AvgIpc) is 2.63. The molecule has 4 rings (SSSR count). The number of piperidine rings is 1. The number of hydrogen-bond acceptors (Lipinski definition) is 2. The van der Waals surface area contributed by atoms with Gasteiger partial charge in [-0.05, 0) is 62.5 Å². The van der Waals surface area contributed by atoms with Gasteiger partial charge in [-0.3, -0.25) is 4.79 Å². The second kappa shape index (κ2) is 7.90. The first-order chi connectivity index (χ1) is 12.1. The SMILES string of the molecule is CC(C)C1CCC(N2CCC3(CC2)CC(=O)N3c2ccccc2)CC1.Cl. The van der Waals surface area contributed by atoms with Crippen molar-refractivity contribution >= 4 is 24.0 Å². The lowest BCUT2D eigenvalue weighted by atomic mass is 9.74. The number of carbonyl (C=O) groups is 1. The number of likely N-dealkylation sites (tertiary alicyclic amines) is 1. The Hall–Kier alpha value is -1.06. The Bertz CT molecular complexity index is 602. The molecule has 2 heterocycles. The van der Waals surface area contributed by atoms with Gasteiger partial charge in [0.1, 0.15) is 0 Å². The molecule has 0 atom stereocenters. The molecule has 26 heavy (non-hydrogen) atoms. The van der Waals surface area contributed by atoms with Gasteiger partial charge in [-0.25, -0.2) is 0 Å². The molecule has 1 spiro atoms. The molecule has 0 radical (unpaired) electrons. The molecule has 0 N–H and O–H groups in total. The van der Waals surface area contributed by atoms with Gasteiger partial charge in [0.05, 0.1) is 12.0 Å². The Kier molecular flexibility index (Phi) is 5.98. The zero-order valence-corrected chi connectivity index (χ0v) is 17.0. The molecule has 2 saturated heterocycles. The van der Waals surface area contributed by atoms with Crippen molar-refractivity contribution in [2.24, 2.45) is 11.8 Å². The predicted octanol–water partition coefficient (Wildman–Crippen LogP) is 4.89. The molecule has 0 bridgehead atoms. The van der Waals surface area contributed by atoms with Crippen molar-refractivity contribution in [1.29, 1.82) is 0 Å². The highest BCUT2D eigenvalue weighted by Crippen LogP contribution is 2.45. The number of anilines is 1. The van der Waals surface area contributed by atoms with Crippen molar-refractivity contribution < 1.29 is 4.79 Å². The molecule has 1 aromatic rings. The average molecular weight is 377 g/mol. The van der Waals surface area contributed by atoms with Crippen molar-refractivity contribution in [1.82, 2.24) is 4.90 Å². The smallest absolute Gasteiger partial charge is 0.229 e. The maximum Gasteiger partial charge on any atom is 0.229 e. The van der Waals surface area contributed by atoms with Gasteiger partial charge < -0.3 is 9.80 Å². The highest BCUT2D eigenvalue weighted by molar-refractivity contribution is 6.02. The molecule has 2 aliphatic heterocycles. The van der Waals surface area contributed by atoms with Crippen molar-refractivity contribution in [2.75, 3.05) is 18.0 Å². The predicted molar refractivity (Wildman–Crippen MR) is 110 cm³/mol. The van der Waals surface area contributed by atoms with Crippen LogP contribution in [0.15, 0.2) is 30.3 Å². The summed E-state index contributed by atoms with van der Waals surface area (Å²) >= 11 is 0. The molecule has 1 aliphatic carbocycles. The summed E-state index contributed by atoms with van der Waals surface area (Å²) in [5.41, 5.74) is 1.19. The zero-order chi connectivity index (χ0) is 17.4. The molecule has 3 nitrogen and oxygen atoms in total. The highest BCUT2D eigenvalue weighted by atomic mass is 35.5. The molecule has 3 fully saturated rings. The lowest BCUT2D eigenvalue weighted by molar-refractivity contribution is -0.129. The van der Waals surface area contributed by atoms with Crippen molar-refractivity contribution in [3.8, 4) is 0 Å². The van der Waals surface area contributed by atoms with Gasteiger partial charge in [-0.2, -0.15) is 0 Å². The summed E-state index contributed by atoms with van der Waals surface area (Å²) in [6, 6.07) is 11.1. The fourth-order valence-corrected chi connectivity index (χ4v) is 5.45. The fraction of sp³-hybridized carbons (Fsp3) is 0.682. The number of β-lactam (4-membered cyclic amide) rings is 1. The first-order valence-electron chi connectivity index (χ1n) is 10.2. The van der Waals surface area contributed by atoms with Crippen molar-refractivity contribution in [2.45, 2.75) is 70.4 Å². The monoisotopic (exact) mass is 376 g/mol. The molecule has 1 aromatic carbocycles. The van der Waals surface area contributed by atoms with E-state index in [2.05, 4.69) is 35.8 Å². The Balaban J connectivity index is 0.00000196. The van der Waals surface area contributed by atoms with E-state index in [1.54, 1.807) is 0 Å². The Morgan fingerprint density at radius 1 is 1.00 bits per heavy atom. The lowest BCUT2D eigenvalue weighted by Crippen LogP contribution is -2.68. The molecular weight excluding hydrogens is 344 g/mol. The first kappa shape index (κ1) is 19.7. The zero-order valence-electron chi connectivity index (χ0n) is 16.2. The van der Waals surface area contributed by atoms with Crippen LogP contribution >= 0.6 is 12.4 Å². The largest absolute Gasteiger partial charge is 0.306 e. The third kappa shape index (κ3) is 3.53. The molecule has 4 heteroatoms. The van der Waals surface area contributed by atoms with E-state index in [1.165, 1.54) is 25.7 Å². The van der Waals surface area contributed by atoms with Gasteiger partial charge in [0.2, 0.25) is 5.91 Å². The maximum absolute atomic E-state index is 12.3. The van der Waals surface area contributed by atoms with Crippen LogP contribution in [-0.2, 0) is 4.79 Å². The summed E-state index contributed by atoms with van der Waals surface area (Å²) in [6.07, 6.45) is 8.57. The number of halogens is 1. The Morgan fingerprint density at radius 3 is 2.15 bits per heavy atom. The summed E-state index contributed by atoms with van der Waals surface area (Å²) in [4.78, 5) is 17.1. The fourth-order valence-electron chi connectivity index (χ4n) is 5.45. The topological polar surface area (TPSA) is 23.6 Å². The van der Waals surface area contributed by atoms with Gasteiger partial charge in [-0.15, -0.1) is 12.4 Å². The third-order valence-electron chi connectivity index (χ3n) is 7.15. The van der Waals surface area contributed by atoms with Crippen LogP contribution in [0.5, 0.6) is 0 Å². The normalized spacial score (nSPS) is 28.7. The minimum Gasteiger partial charge on any atom is -0.306 e. The number of hydrogen-bond donors (Lipinski definition) is 0. The van der Waals surface area contributed by atoms with E-state index < -0.39 is 0 Å². The quantitative estimate of drug-likeness (QED) is 0.701. The lowest BCUT2D eigenvalue weighted by Gasteiger charge is -2.56. The van der Waals surface area contributed by atoms with E-state index in [0.717, 1.165) is 55.9 Å². The van der Waals surface area contributed by atoms with E-state index >= 15 is 0 Å². The minimum absolute atomic E-state index is 0. The third-order valence-corrected chi connectivity index (χ3v) is 7.15. The van der Waals surface area contributed by atoms with Crippen LogP contribution in [0.1, 0.15) is 58.8 Å². The molecule has 1 amide bonds. The van der Waals surface area contributed by atoms with E-state index in [4.69, 9.17) is 0 Å². The van der Waals surface area contributed by atoms with E-state index in [9.17, 15) is 4.79 Å². The van der Waals surface area contributed by atoms with Crippen LogP contribution in [0.3, 0.4) is 0 Å². The Labute approximate surface area is 164 Å². The first-order valence-corrected chi connectivity index (χ1v) is 10.2. The molecular formula is C22H33ClN2O. The number of carbonyl (C=O) groups excluding carboxylic acids is 1. The molecule has 0 unspecified atom stereocenters. The summed E-state index contributed by atoms with van der Waals surface area (Å²) in [5, 5.41) is 0. The number of nitrogens with zero attached hydrogens (tertiary/aromatic N) is 2. The molecule has 144 valence electrons. The van der Waals surface area contributed by atoms with Crippen molar-refractivity contribution in [3.05, 3.63) is 30.3 Å².